The van der Waals surface area contributed by atoms with Gasteiger partial charge < -0.3 is 4.74 Å². The van der Waals surface area contributed by atoms with Gasteiger partial charge in [0, 0.05) is 19.4 Å². The Morgan fingerprint density at radius 1 is 1.13 bits per heavy atom. The zero-order valence-electron chi connectivity index (χ0n) is 15.9. The summed E-state index contributed by atoms with van der Waals surface area (Å²) in [6.07, 6.45) is -0.778. The lowest BCUT2D eigenvalue weighted by Crippen LogP contribution is -2.15. The first kappa shape index (κ1) is 20.5. The summed E-state index contributed by atoms with van der Waals surface area (Å²) in [5.74, 6) is 0.00825. The summed E-state index contributed by atoms with van der Waals surface area (Å²) in [5.41, 5.74) is -0.242. The van der Waals surface area contributed by atoms with E-state index < -0.39 is 21.8 Å². The van der Waals surface area contributed by atoms with Gasteiger partial charge in [0.25, 0.3) is 10.0 Å². The number of nitrogens with one attached hydrogen (secondary N) is 1. The van der Waals surface area contributed by atoms with Crippen LogP contribution >= 0.6 is 0 Å². The second kappa shape index (κ2) is 7.19. The average Bonchev–Trinajstić information content (AvgIpc) is 3.36. The molecule has 0 aromatic carbocycles. The summed E-state index contributed by atoms with van der Waals surface area (Å²) in [6.45, 7) is 0. The number of fused-ring (bicyclic) bond motifs is 1. The van der Waals surface area contributed by atoms with Crippen LogP contribution in [-0.2, 0) is 23.2 Å². The topological polar surface area (TPSA) is 130 Å². The van der Waals surface area contributed by atoms with Crippen molar-refractivity contribution in [2.75, 3.05) is 11.8 Å². The minimum absolute atomic E-state index is 0.00211. The molecule has 0 bridgehead atoms. The Labute approximate surface area is 172 Å². The van der Waals surface area contributed by atoms with Gasteiger partial charge in [0.1, 0.15) is 21.6 Å². The predicted molar refractivity (Wildman–Crippen MR) is 100 cm³/mol. The molecule has 0 aliphatic heterocycles. The highest BCUT2D eigenvalue weighted by atomic mass is 32.2. The molecule has 15 heteroatoms. The van der Waals surface area contributed by atoms with Gasteiger partial charge in [0.15, 0.2) is 5.82 Å². The number of ether oxygens (including phenoxy) is 1. The molecule has 4 rings (SSSR count). The van der Waals surface area contributed by atoms with E-state index in [4.69, 9.17) is 4.74 Å². The van der Waals surface area contributed by atoms with Crippen molar-refractivity contribution < 1.29 is 26.3 Å². The Kier molecular flexibility index (Phi) is 4.76. The fourth-order valence-corrected chi connectivity index (χ4v) is 3.75. The van der Waals surface area contributed by atoms with Crippen LogP contribution < -0.4 is 9.46 Å². The summed E-state index contributed by atoms with van der Waals surface area (Å²) >= 11 is 0. The third-order valence-corrected chi connectivity index (χ3v) is 5.55. The van der Waals surface area contributed by atoms with Gasteiger partial charge in [-0.15, -0.1) is 5.10 Å². The lowest BCUT2D eigenvalue weighted by atomic mass is 10.3. The minimum Gasteiger partial charge on any atom is -0.479 e. The molecule has 0 aliphatic rings. The van der Waals surface area contributed by atoms with E-state index in [1.165, 1.54) is 30.1 Å². The fraction of sp³-hybridized carbons (Fsp3) is 0.188. The van der Waals surface area contributed by atoms with Crippen LogP contribution in [0, 0.1) is 0 Å². The van der Waals surface area contributed by atoms with Crippen molar-refractivity contribution in [3.8, 4) is 11.7 Å². The molecule has 0 unspecified atom stereocenters. The number of anilines is 1. The third-order valence-electron chi connectivity index (χ3n) is 4.21. The molecule has 0 saturated carbocycles. The molecule has 0 spiro atoms. The molecule has 0 fully saturated rings. The first-order chi connectivity index (χ1) is 14.6. The van der Waals surface area contributed by atoms with Gasteiger partial charge in [0.2, 0.25) is 5.88 Å². The first-order valence-corrected chi connectivity index (χ1v) is 9.92. The summed E-state index contributed by atoms with van der Waals surface area (Å²) in [5, 5.41) is 11.3. The molecule has 0 saturated heterocycles. The number of hydrogen-bond acceptors (Lipinski definition) is 8. The van der Waals surface area contributed by atoms with E-state index in [0.717, 1.165) is 17.1 Å². The molecular weight excluding hydrogens is 441 g/mol. The van der Waals surface area contributed by atoms with Crippen molar-refractivity contribution in [1.82, 2.24) is 34.7 Å². The number of hydrogen-bond donors (Lipinski definition) is 1. The molecule has 162 valence electrons. The Morgan fingerprint density at radius 3 is 2.52 bits per heavy atom. The molecule has 0 radical (unpaired) electrons. The van der Waals surface area contributed by atoms with Crippen molar-refractivity contribution in [2.24, 2.45) is 7.05 Å². The molecule has 4 heterocycles. The number of alkyl halides is 3. The Bertz CT molecular complexity index is 1360. The lowest BCUT2D eigenvalue weighted by Gasteiger charge is -2.12. The van der Waals surface area contributed by atoms with E-state index in [1.54, 1.807) is 7.05 Å². The Hall–Kier alpha value is -3.75. The number of sulfonamides is 1. The Morgan fingerprint density at radius 2 is 1.90 bits per heavy atom. The molecule has 31 heavy (non-hydrogen) atoms. The van der Waals surface area contributed by atoms with E-state index >= 15 is 0 Å². The molecule has 0 aliphatic carbocycles. The van der Waals surface area contributed by atoms with Crippen LogP contribution in [0.15, 0.2) is 41.8 Å². The van der Waals surface area contributed by atoms with Gasteiger partial charge in [-0.3, -0.25) is 4.72 Å². The zero-order valence-corrected chi connectivity index (χ0v) is 16.7. The quantitative estimate of drug-likeness (QED) is 0.483. The van der Waals surface area contributed by atoms with Crippen molar-refractivity contribution >= 4 is 26.7 Å². The maximum absolute atomic E-state index is 12.9. The smallest absolute Gasteiger partial charge is 0.419 e. The highest BCUT2D eigenvalue weighted by Crippen LogP contribution is 2.32. The summed E-state index contributed by atoms with van der Waals surface area (Å²) in [4.78, 5) is 7.67. The minimum atomic E-state index is -4.56. The molecule has 11 nitrogen and oxygen atoms in total. The summed E-state index contributed by atoms with van der Waals surface area (Å²) in [6, 6.07) is 2.41. The second-order valence-corrected chi connectivity index (χ2v) is 7.90. The number of halogens is 3. The highest BCUT2D eigenvalue weighted by molar-refractivity contribution is 7.92. The third kappa shape index (κ3) is 3.74. The molecule has 4 aromatic rings. The van der Waals surface area contributed by atoms with Crippen LogP contribution in [0.3, 0.4) is 0 Å². The van der Waals surface area contributed by atoms with E-state index in [1.807, 2.05) is 0 Å². The summed E-state index contributed by atoms with van der Waals surface area (Å²) < 4.78 is 73.7. The number of nitrogens with zero attached hydrogens (tertiary/aromatic N) is 7. The SMILES string of the molecule is COc1ncc2nnn(C)c2c1NS(=O)(=O)c1ccc(-n2cc(C(F)(F)F)cn2)nc1. The van der Waals surface area contributed by atoms with Gasteiger partial charge >= 0.3 is 6.18 Å². The van der Waals surface area contributed by atoms with E-state index in [9.17, 15) is 21.6 Å². The first-order valence-electron chi connectivity index (χ1n) is 8.43. The number of aromatic nitrogens is 7. The molecule has 0 amide bonds. The molecule has 4 aromatic heterocycles. The highest BCUT2D eigenvalue weighted by Gasteiger charge is 2.32. The van der Waals surface area contributed by atoms with Crippen LogP contribution in [-0.4, -0.2) is 50.3 Å². The van der Waals surface area contributed by atoms with Gasteiger partial charge in [-0.1, -0.05) is 5.21 Å². The standard InChI is InChI=1S/C16H13F3N8O3S/c1-26-14-11(23-25-26)7-21-15(30-2)13(14)24-31(28,29)10-3-4-12(20-6-10)27-8-9(5-22-27)16(17,18)19/h3-8,24H,1-2H3. The molecule has 1 N–H and O–H groups in total. The van der Waals surface area contributed by atoms with Gasteiger partial charge in [-0.2, -0.15) is 18.3 Å². The molecular formula is C16H13F3N8O3S. The normalized spacial score (nSPS) is 12.3. The van der Waals surface area contributed by atoms with Crippen LogP contribution in [0.25, 0.3) is 16.9 Å². The summed E-state index contributed by atoms with van der Waals surface area (Å²) in [7, 11) is -1.26. The monoisotopic (exact) mass is 454 g/mol. The number of pyridine rings is 2. The zero-order chi connectivity index (χ0) is 22.4. The van der Waals surface area contributed by atoms with Gasteiger partial charge in [0.05, 0.1) is 25.1 Å². The van der Waals surface area contributed by atoms with Crippen molar-refractivity contribution in [3.05, 3.63) is 42.5 Å². The lowest BCUT2D eigenvalue weighted by molar-refractivity contribution is -0.137. The fourth-order valence-electron chi connectivity index (χ4n) is 2.74. The van der Waals surface area contributed by atoms with E-state index in [2.05, 4.69) is 30.1 Å². The van der Waals surface area contributed by atoms with E-state index in [0.29, 0.717) is 17.2 Å². The number of methoxy groups -OCH3 is 1. The molecule has 0 atom stereocenters. The van der Waals surface area contributed by atoms with Crippen molar-refractivity contribution in [3.63, 3.8) is 0 Å². The average molecular weight is 454 g/mol. The van der Waals surface area contributed by atoms with E-state index in [-0.39, 0.29) is 22.3 Å². The van der Waals surface area contributed by atoms with Crippen LogP contribution in [0.2, 0.25) is 0 Å². The maximum atomic E-state index is 12.9. The van der Waals surface area contributed by atoms with Gasteiger partial charge in [-0.25, -0.2) is 27.7 Å². The number of aryl methyl sites for hydroxylation is 1. The largest absolute Gasteiger partial charge is 0.479 e. The van der Waals surface area contributed by atoms with Crippen molar-refractivity contribution in [1.29, 1.82) is 0 Å². The second-order valence-electron chi connectivity index (χ2n) is 6.22. The van der Waals surface area contributed by atoms with Crippen LogP contribution in [0.5, 0.6) is 5.88 Å². The van der Waals surface area contributed by atoms with Crippen LogP contribution in [0.4, 0.5) is 18.9 Å². The predicted octanol–water partition coefficient (Wildman–Crippen LogP) is 1.77. The Balaban J connectivity index is 1.67. The maximum Gasteiger partial charge on any atom is 0.419 e. The van der Waals surface area contributed by atoms with Crippen molar-refractivity contribution in [2.45, 2.75) is 11.1 Å². The van der Waals surface area contributed by atoms with Gasteiger partial charge in [-0.05, 0) is 12.1 Å². The number of rotatable bonds is 5. The van der Waals surface area contributed by atoms with Crippen LogP contribution in [0.1, 0.15) is 5.56 Å².